The minimum absolute atomic E-state index is 0.0414. The number of rotatable bonds is 19. The van der Waals surface area contributed by atoms with E-state index in [2.05, 4.69) is 19.4 Å². The smallest absolute Gasteiger partial charge is 0.387 e. The van der Waals surface area contributed by atoms with E-state index in [0.29, 0.717) is 46.8 Å². The Bertz CT molecular complexity index is 2320. The fourth-order valence-corrected chi connectivity index (χ4v) is 5.85. The van der Waals surface area contributed by atoms with Gasteiger partial charge in [0.15, 0.2) is 35.8 Å². The van der Waals surface area contributed by atoms with Crippen LogP contribution in [0.3, 0.4) is 0 Å². The molecule has 2 N–H and O–H groups in total. The first-order chi connectivity index (χ1) is 29.3. The van der Waals surface area contributed by atoms with Crippen molar-refractivity contribution in [3.05, 3.63) is 133 Å². The second kappa shape index (κ2) is 20.1. The van der Waals surface area contributed by atoms with E-state index < -0.39 is 25.2 Å². The van der Waals surface area contributed by atoms with E-state index in [1.165, 1.54) is 49.2 Å². The summed E-state index contributed by atoms with van der Waals surface area (Å²) in [5, 5.41) is 18.3. The van der Waals surface area contributed by atoms with Gasteiger partial charge in [0.05, 0.1) is 49.3 Å². The van der Waals surface area contributed by atoms with Crippen molar-refractivity contribution in [1.82, 2.24) is 9.97 Å². The molecule has 0 atom stereocenters. The molecular weight excluding hydrogens is 808 g/mol. The summed E-state index contributed by atoms with van der Waals surface area (Å²) >= 11 is 0. The van der Waals surface area contributed by atoms with E-state index in [1.54, 1.807) is 74.8 Å². The molecule has 1 aliphatic carbocycles. The first-order valence-corrected chi connectivity index (χ1v) is 18.8. The number of alkyl halides is 4. The molecule has 0 bridgehead atoms. The van der Waals surface area contributed by atoms with Crippen LogP contribution in [0, 0.1) is 5.92 Å². The largest absolute Gasteiger partial charge is 0.489 e. The van der Waals surface area contributed by atoms with Crippen LogP contribution in [0.5, 0.6) is 23.0 Å². The van der Waals surface area contributed by atoms with Crippen molar-refractivity contribution in [2.45, 2.75) is 59.1 Å². The zero-order valence-corrected chi connectivity index (χ0v) is 32.7. The number of aromatic carboxylic acids is 2. The van der Waals surface area contributed by atoms with Crippen molar-refractivity contribution >= 4 is 34.7 Å². The molecule has 0 aliphatic heterocycles. The predicted molar refractivity (Wildman–Crippen MR) is 212 cm³/mol. The molecule has 1 aliphatic rings. The molecule has 6 aromatic rings. The Morgan fingerprint density at radius 2 is 1.07 bits per heavy atom. The molecule has 0 unspecified atom stereocenters. The number of oxazole rings is 2. The van der Waals surface area contributed by atoms with Gasteiger partial charge in [-0.1, -0.05) is 0 Å². The third-order valence-corrected chi connectivity index (χ3v) is 8.89. The van der Waals surface area contributed by atoms with Gasteiger partial charge in [-0.3, -0.25) is 0 Å². The zero-order valence-electron chi connectivity index (χ0n) is 32.7. The summed E-state index contributed by atoms with van der Waals surface area (Å²) in [6.07, 6.45) is 7.57. The van der Waals surface area contributed by atoms with Crippen LogP contribution in [0.2, 0.25) is 0 Å². The van der Waals surface area contributed by atoms with Gasteiger partial charge in [0.1, 0.15) is 11.5 Å². The van der Waals surface area contributed by atoms with E-state index in [-0.39, 0.29) is 53.3 Å². The average Bonchev–Trinajstić information content (AvgIpc) is 3.63. The molecule has 320 valence electrons. The van der Waals surface area contributed by atoms with Crippen molar-refractivity contribution in [2.75, 3.05) is 16.4 Å². The van der Waals surface area contributed by atoms with Gasteiger partial charge in [-0.15, -0.1) is 0 Å². The third kappa shape index (κ3) is 12.4. The van der Waals surface area contributed by atoms with Crippen LogP contribution in [0.25, 0.3) is 0 Å². The van der Waals surface area contributed by atoms with Gasteiger partial charge in [-0.05, 0) is 105 Å². The van der Waals surface area contributed by atoms with Crippen molar-refractivity contribution in [1.29, 1.82) is 0 Å². The van der Waals surface area contributed by atoms with E-state index in [4.69, 9.17) is 28.5 Å². The number of aromatic nitrogens is 2. The topological polar surface area (TPSA) is 170 Å². The summed E-state index contributed by atoms with van der Waals surface area (Å²) in [6, 6.07) is 21.8. The molecule has 14 nitrogen and oxygen atoms in total. The second-order valence-electron chi connectivity index (χ2n) is 13.8. The highest BCUT2D eigenvalue weighted by Crippen LogP contribution is 2.40. The lowest BCUT2D eigenvalue weighted by Crippen LogP contribution is -2.17. The maximum atomic E-state index is 12.8. The number of carbonyl (C=O) groups is 2. The number of halogens is 4. The maximum absolute atomic E-state index is 12.8. The number of nitrogens with zero attached hydrogens (tertiary/aromatic N) is 4. The van der Waals surface area contributed by atoms with Crippen LogP contribution in [0.1, 0.15) is 58.9 Å². The van der Waals surface area contributed by atoms with Gasteiger partial charge in [0, 0.05) is 34.9 Å². The number of carboxylic acids is 2. The molecular formula is C43H40F4N4O10. The summed E-state index contributed by atoms with van der Waals surface area (Å²) in [6.45, 7) is -1.43. The van der Waals surface area contributed by atoms with Gasteiger partial charge in [0.2, 0.25) is 0 Å². The van der Waals surface area contributed by atoms with Gasteiger partial charge >= 0.3 is 25.2 Å². The Kier molecular flexibility index (Phi) is 14.3. The summed E-state index contributed by atoms with van der Waals surface area (Å²) in [5.41, 5.74) is 2.87. The van der Waals surface area contributed by atoms with Crippen LogP contribution in [-0.2, 0) is 13.1 Å². The van der Waals surface area contributed by atoms with Gasteiger partial charge in [-0.2, -0.15) is 17.6 Å². The first-order valence-electron chi connectivity index (χ1n) is 18.8. The second-order valence-corrected chi connectivity index (χ2v) is 13.8. The normalized spacial score (nSPS) is 12.1. The molecule has 4 aromatic carbocycles. The molecule has 2 aromatic heterocycles. The zero-order chi connectivity index (χ0) is 43.5. The summed E-state index contributed by atoms with van der Waals surface area (Å²) in [4.78, 5) is 33.8. The molecule has 0 amide bonds. The van der Waals surface area contributed by atoms with Gasteiger partial charge < -0.3 is 47.8 Å². The Hall–Kier alpha value is -7.24. The van der Waals surface area contributed by atoms with Crippen LogP contribution < -0.4 is 28.7 Å². The van der Waals surface area contributed by atoms with Crippen LogP contribution >= 0.6 is 0 Å². The fraction of sp³-hybridized carbons (Fsp3) is 0.256. The quantitative estimate of drug-likeness (QED) is 0.0738. The van der Waals surface area contributed by atoms with Gasteiger partial charge in [-0.25, -0.2) is 19.6 Å². The van der Waals surface area contributed by atoms with E-state index in [1.807, 2.05) is 9.80 Å². The highest BCUT2D eigenvalue weighted by molar-refractivity contribution is 5.89. The maximum Gasteiger partial charge on any atom is 0.387 e. The summed E-state index contributed by atoms with van der Waals surface area (Å²) in [5.74, 6) is -0.267. The number of carboxylic acid groups (broad SMARTS) is 2. The Labute approximate surface area is 346 Å². The van der Waals surface area contributed by atoms with Crippen molar-refractivity contribution in [2.24, 2.45) is 5.92 Å². The number of hydrogen-bond donors (Lipinski definition) is 2. The Balaban J connectivity index is 0.000000204. The molecule has 0 spiro atoms. The number of benzene rings is 4. The monoisotopic (exact) mass is 848 g/mol. The van der Waals surface area contributed by atoms with E-state index >= 15 is 0 Å². The van der Waals surface area contributed by atoms with Gasteiger partial charge in [0.25, 0.3) is 0 Å². The van der Waals surface area contributed by atoms with E-state index in [0.717, 1.165) is 12.8 Å². The number of ether oxygens (including phenoxy) is 4. The standard InChI is InChI=1S/C22H20F2N2O5.C21H20F2N2O5/c23-22(24)31-19-8-7-17(9-20(19)29-12-14-1-2-14)26(11-18-10-25-13-30-18)16-5-3-15(4-6-16)21(27)28;1-13(2)29-19-9-16(7-8-18(19)30-21(22)23)25(11-17-10-24-12-28-17)15-5-3-14(4-6-15)20(26)27/h3-10,13-14,22H,1-2,11-12H2,(H,27,28);3-10,12-13,21H,11H2,1-2H3,(H,26,27). The summed E-state index contributed by atoms with van der Waals surface area (Å²) in [7, 11) is 0. The first kappa shape index (κ1) is 43.3. The molecule has 1 saturated carbocycles. The fourth-order valence-electron chi connectivity index (χ4n) is 5.85. The van der Waals surface area contributed by atoms with E-state index in [9.17, 15) is 27.2 Å². The van der Waals surface area contributed by atoms with Crippen LogP contribution in [0.4, 0.5) is 40.3 Å². The Morgan fingerprint density at radius 3 is 1.44 bits per heavy atom. The lowest BCUT2D eigenvalue weighted by molar-refractivity contribution is -0.0523. The lowest BCUT2D eigenvalue weighted by atomic mass is 10.1. The van der Waals surface area contributed by atoms with Crippen LogP contribution in [-0.4, -0.2) is 58.1 Å². The third-order valence-electron chi connectivity index (χ3n) is 8.89. The SMILES string of the molecule is CC(C)Oc1cc(N(Cc2cnco2)c2ccc(C(=O)O)cc2)ccc1OC(F)F.O=C(O)c1ccc(N(Cc2cnco2)c2ccc(OC(F)F)c(OCC3CC3)c2)cc1. The minimum Gasteiger partial charge on any atom is -0.489 e. The summed E-state index contributed by atoms with van der Waals surface area (Å²) < 4.78 is 82.5. The lowest BCUT2D eigenvalue weighted by Gasteiger charge is -2.25. The van der Waals surface area contributed by atoms with Crippen molar-refractivity contribution < 1.29 is 65.1 Å². The molecule has 7 rings (SSSR count). The molecule has 0 radical (unpaired) electrons. The Morgan fingerprint density at radius 1 is 0.639 bits per heavy atom. The number of hydrogen-bond acceptors (Lipinski definition) is 12. The molecule has 61 heavy (non-hydrogen) atoms. The molecule has 1 fully saturated rings. The predicted octanol–water partition coefficient (Wildman–Crippen LogP) is 10.2. The molecule has 18 heteroatoms. The highest BCUT2D eigenvalue weighted by atomic mass is 19.3. The van der Waals surface area contributed by atoms with Crippen LogP contribution in [0.15, 0.2) is 119 Å². The average molecular weight is 849 g/mol. The minimum atomic E-state index is -2.99. The number of anilines is 4. The molecule has 0 saturated heterocycles. The highest BCUT2D eigenvalue weighted by Gasteiger charge is 2.24. The van der Waals surface area contributed by atoms with Crippen molar-refractivity contribution in [3.63, 3.8) is 0 Å². The van der Waals surface area contributed by atoms with Crippen molar-refractivity contribution in [3.8, 4) is 23.0 Å². The molecule has 2 heterocycles.